The van der Waals surface area contributed by atoms with Gasteiger partial charge in [0, 0.05) is 0 Å². The first-order valence-electron chi connectivity index (χ1n) is 8.17. The zero-order valence-electron chi connectivity index (χ0n) is 15.9. The van der Waals surface area contributed by atoms with Crippen LogP contribution in [-0.4, -0.2) is 50.3 Å². The van der Waals surface area contributed by atoms with Crippen molar-refractivity contribution in [1.82, 2.24) is 0 Å². The molecule has 25 heavy (non-hydrogen) atoms. The second kappa shape index (κ2) is 6.26. The highest BCUT2D eigenvalue weighted by molar-refractivity contribution is 7.91. The Balaban J connectivity index is 2.45. The second-order valence-corrected chi connectivity index (χ2v) is 10.0. The highest BCUT2D eigenvalue weighted by atomic mass is 32.2. The van der Waals surface area contributed by atoms with Crippen molar-refractivity contribution in [3.8, 4) is 5.75 Å². The van der Waals surface area contributed by atoms with Crippen LogP contribution >= 0.6 is 0 Å². The van der Waals surface area contributed by atoms with Crippen LogP contribution in [-0.2, 0) is 19.1 Å². The van der Waals surface area contributed by atoms with Gasteiger partial charge in [-0.15, -0.1) is 0 Å². The minimum Gasteiger partial charge on any atom is -0.495 e. The molecule has 0 aliphatic carbocycles. The normalized spacial score (nSPS) is 19.9. The number of hydrogen-bond donors (Lipinski definition) is 1. The first-order valence-corrected chi connectivity index (χ1v) is 9.82. The van der Waals surface area contributed by atoms with Crippen molar-refractivity contribution < 1.29 is 27.6 Å². The van der Waals surface area contributed by atoms with E-state index < -0.39 is 39.5 Å². The van der Waals surface area contributed by atoms with Gasteiger partial charge in [-0.25, -0.2) is 8.42 Å². The molecular formula is C17H27BO6S. The Morgan fingerprint density at radius 1 is 1.16 bits per heavy atom. The first kappa shape index (κ1) is 20.2. The Hall–Kier alpha value is -1.09. The Kier molecular flexibility index (Phi) is 5.07. The van der Waals surface area contributed by atoms with Crippen molar-refractivity contribution in [2.45, 2.75) is 63.2 Å². The van der Waals surface area contributed by atoms with Crippen LogP contribution in [0.15, 0.2) is 23.1 Å². The van der Waals surface area contributed by atoms with Gasteiger partial charge in [0.15, 0.2) is 9.84 Å². The molecule has 140 valence electrons. The summed E-state index contributed by atoms with van der Waals surface area (Å²) < 4.78 is 42.6. The minimum absolute atomic E-state index is 0.0179. The molecule has 1 aliphatic rings. The molecule has 1 aromatic carbocycles. The van der Waals surface area contributed by atoms with Crippen LogP contribution in [0.1, 0.15) is 41.5 Å². The van der Waals surface area contributed by atoms with E-state index in [-0.39, 0.29) is 10.6 Å². The van der Waals surface area contributed by atoms with Gasteiger partial charge in [0.05, 0.1) is 29.7 Å². The summed E-state index contributed by atoms with van der Waals surface area (Å²) in [6, 6.07) is 4.81. The molecule has 1 heterocycles. The van der Waals surface area contributed by atoms with E-state index in [1.165, 1.54) is 27.0 Å². The molecule has 0 bridgehead atoms. The number of ether oxygens (including phenoxy) is 1. The molecule has 1 N–H and O–H groups in total. The highest BCUT2D eigenvalue weighted by Gasteiger charge is 2.52. The van der Waals surface area contributed by atoms with E-state index in [1.807, 2.05) is 27.7 Å². The Labute approximate surface area is 150 Å². The van der Waals surface area contributed by atoms with E-state index in [1.54, 1.807) is 12.1 Å². The van der Waals surface area contributed by atoms with Gasteiger partial charge in [-0.05, 0) is 59.1 Å². The molecule has 0 unspecified atom stereocenters. The third-order valence-electron chi connectivity index (χ3n) is 4.59. The van der Waals surface area contributed by atoms with Gasteiger partial charge in [-0.1, -0.05) is 6.07 Å². The molecule has 6 nitrogen and oxygen atoms in total. The summed E-state index contributed by atoms with van der Waals surface area (Å²) in [5, 5.41) is 9.93. The average Bonchev–Trinajstić information content (AvgIpc) is 2.64. The van der Waals surface area contributed by atoms with E-state index in [0.717, 1.165) is 0 Å². The predicted molar refractivity (Wildman–Crippen MR) is 97.1 cm³/mol. The van der Waals surface area contributed by atoms with Crippen LogP contribution in [0, 0.1) is 0 Å². The number of aliphatic hydroxyl groups is 1. The van der Waals surface area contributed by atoms with E-state index in [4.69, 9.17) is 14.0 Å². The smallest absolute Gasteiger partial charge is 0.494 e. The largest absolute Gasteiger partial charge is 0.495 e. The monoisotopic (exact) mass is 370 g/mol. The molecule has 0 radical (unpaired) electrons. The molecule has 2 rings (SSSR count). The summed E-state index contributed by atoms with van der Waals surface area (Å²) in [6.45, 7) is 10.6. The van der Waals surface area contributed by atoms with Gasteiger partial charge in [0.1, 0.15) is 10.6 Å². The molecule has 8 heteroatoms. The number of methoxy groups -OCH3 is 1. The summed E-state index contributed by atoms with van der Waals surface area (Å²) in [6.07, 6.45) is 0. The van der Waals surface area contributed by atoms with Gasteiger partial charge in [0.25, 0.3) is 0 Å². The lowest BCUT2D eigenvalue weighted by Gasteiger charge is -2.32. The second-order valence-electron chi connectivity index (χ2n) is 8.07. The fourth-order valence-electron chi connectivity index (χ4n) is 2.60. The van der Waals surface area contributed by atoms with Crippen LogP contribution in [0.25, 0.3) is 0 Å². The molecule has 1 saturated heterocycles. The topological polar surface area (TPSA) is 82.1 Å². The predicted octanol–water partition coefficient (Wildman–Crippen LogP) is 1.54. The SMILES string of the molecule is COc1ccc(B2OC(C)(C)C(C)(C)O2)cc1S(=O)(=O)CC(C)(C)O. The molecule has 1 fully saturated rings. The highest BCUT2D eigenvalue weighted by Crippen LogP contribution is 2.37. The van der Waals surface area contributed by atoms with Crippen LogP contribution in [0.4, 0.5) is 0 Å². The lowest BCUT2D eigenvalue weighted by molar-refractivity contribution is 0.00578. The Morgan fingerprint density at radius 3 is 2.12 bits per heavy atom. The third-order valence-corrected chi connectivity index (χ3v) is 6.67. The maximum atomic E-state index is 12.7. The summed E-state index contributed by atoms with van der Waals surface area (Å²) in [4.78, 5) is 0.0179. The maximum Gasteiger partial charge on any atom is 0.494 e. The fourth-order valence-corrected chi connectivity index (χ4v) is 4.46. The van der Waals surface area contributed by atoms with Crippen LogP contribution < -0.4 is 10.2 Å². The zero-order valence-corrected chi connectivity index (χ0v) is 16.7. The molecule has 1 aromatic rings. The van der Waals surface area contributed by atoms with Crippen molar-refractivity contribution in [3.05, 3.63) is 18.2 Å². The van der Waals surface area contributed by atoms with E-state index in [0.29, 0.717) is 5.46 Å². The maximum absolute atomic E-state index is 12.7. The molecule has 0 spiro atoms. The lowest BCUT2D eigenvalue weighted by atomic mass is 9.79. The molecule has 0 amide bonds. The van der Waals surface area contributed by atoms with Gasteiger partial charge in [-0.2, -0.15) is 0 Å². The summed E-state index contributed by atoms with van der Waals surface area (Å²) in [7, 11) is -3.02. The number of hydrogen-bond acceptors (Lipinski definition) is 6. The van der Waals surface area contributed by atoms with E-state index in [9.17, 15) is 13.5 Å². The molecule has 1 aliphatic heterocycles. The number of benzene rings is 1. The van der Waals surface area contributed by atoms with E-state index >= 15 is 0 Å². The Morgan fingerprint density at radius 2 is 1.68 bits per heavy atom. The molecular weight excluding hydrogens is 343 g/mol. The van der Waals surface area contributed by atoms with Crippen LogP contribution in [0.5, 0.6) is 5.75 Å². The van der Waals surface area contributed by atoms with Gasteiger partial charge >= 0.3 is 7.12 Å². The quantitative estimate of drug-likeness (QED) is 0.792. The molecule has 0 saturated carbocycles. The van der Waals surface area contributed by atoms with Crippen molar-refractivity contribution in [2.75, 3.05) is 12.9 Å². The van der Waals surface area contributed by atoms with Crippen molar-refractivity contribution in [2.24, 2.45) is 0 Å². The first-order chi connectivity index (χ1) is 11.2. The third kappa shape index (κ3) is 4.19. The summed E-state index contributed by atoms with van der Waals surface area (Å²) in [5.74, 6) is -0.187. The number of rotatable bonds is 5. The van der Waals surface area contributed by atoms with Crippen LogP contribution in [0.2, 0.25) is 0 Å². The van der Waals surface area contributed by atoms with Crippen molar-refractivity contribution in [3.63, 3.8) is 0 Å². The van der Waals surface area contributed by atoms with Crippen molar-refractivity contribution >= 4 is 22.4 Å². The van der Waals surface area contributed by atoms with Crippen molar-refractivity contribution in [1.29, 1.82) is 0 Å². The summed E-state index contributed by atoms with van der Waals surface area (Å²) in [5.41, 5.74) is -1.81. The number of sulfone groups is 1. The van der Waals surface area contributed by atoms with E-state index in [2.05, 4.69) is 0 Å². The van der Waals surface area contributed by atoms with Gasteiger partial charge < -0.3 is 19.2 Å². The zero-order chi connectivity index (χ0) is 19.3. The average molecular weight is 370 g/mol. The Bertz CT molecular complexity index is 733. The molecule has 0 aromatic heterocycles. The lowest BCUT2D eigenvalue weighted by Crippen LogP contribution is -2.41. The minimum atomic E-state index is -3.76. The molecule has 0 atom stereocenters. The summed E-state index contributed by atoms with van der Waals surface area (Å²) >= 11 is 0. The van der Waals surface area contributed by atoms with Crippen LogP contribution in [0.3, 0.4) is 0 Å². The fraction of sp³-hybridized carbons (Fsp3) is 0.647. The van der Waals surface area contributed by atoms with Gasteiger partial charge in [0.2, 0.25) is 0 Å². The van der Waals surface area contributed by atoms with Gasteiger partial charge in [-0.3, -0.25) is 0 Å². The standard InChI is InChI=1S/C17H27BO6S/c1-15(2,19)11-25(20,21)14-10-12(8-9-13(14)22-7)18-23-16(3,4)17(5,6)24-18/h8-10,19H,11H2,1-7H3.